The van der Waals surface area contributed by atoms with E-state index in [4.69, 9.17) is 5.11 Å². The van der Waals surface area contributed by atoms with Gasteiger partial charge in [0.1, 0.15) is 5.60 Å². The Bertz CT molecular complexity index is 102. The van der Waals surface area contributed by atoms with Crippen molar-refractivity contribution in [2.45, 2.75) is 51.6 Å². The van der Waals surface area contributed by atoms with Gasteiger partial charge < -0.3 is 5.11 Å². The third-order valence-corrected chi connectivity index (χ3v) is 1.76. The number of hydrogen-bond acceptors (Lipinski definition) is 1. The van der Waals surface area contributed by atoms with Crippen LogP contribution in [0, 0.1) is 0 Å². The fourth-order valence-electron chi connectivity index (χ4n) is 0.842. The van der Waals surface area contributed by atoms with Crippen molar-refractivity contribution >= 4 is 0 Å². The number of rotatable bonds is 5. The number of halogens is 2. The average molecular weight is 166 g/mol. The van der Waals surface area contributed by atoms with Crippen molar-refractivity contribution in [3.8, 4) is 0 Å². The summed E-state index contributed by atoms with van der Waals surface area (Å²) in [7, 11) is 0. The molecule has 1 atom stereocenters. The molecule has 0 aromatic rings. The number of hydrogen-bond donors (Lipinski definition) is 1. The molecule has 0 fully saturated rings. The van der Waals surface area contributed by atoms with Crippen LogP contribution in [0.2, 0.25) is 0 Å². The molecule has 68 valence electrons. The van der Waals surface area contributed by atoms with Gasteiger partial charge >= 0.3 is 0 Å². The van der Waals surface area contributed by atoms with E-state index >= 15 is 0 Å². The maximum atomic E-state index is 12.0. The fourth-order valence-corrected chi connectivity index (χ4v) is 0.842. The standard InChI is InChI=1S/C8H16F2O/c1-3-4-5-6-8(2,11)7(9)10/h7,11H,3-6H2,1-2H3. The molecule has 0 aromatic carbocycles. The molecule has 0 aliphatic heterocycles. The third-order valence-electron chi connectivity index (χ3n) is 1.76. The van der Waals surface area contributed by atoms with E-state index in [0.717, 1.165) is 12.8 Å². The van der Waals surface area contributed by atoms with Gasteiger partial charge in [0.2, 0.25) is 0 Å². The summed E-state index contributed by atoms with van der Waals surface area (Å²) < 4.78 is 24.0. The van der Waals surface area contributed by atoms with Gasteiger partial charge in [-0.3, -0.25) is 0 Å². The Hall–Kier alpha value is -0.180. The molecule has 0 spiro atoms. The second kappa shape index (κ2) is 4.65. The highest BCUT2D eigenvalue weighted by atomic mass is 19.3. The predicted molar refractivity (Wildman–Crippen MR) is 40.8 cm³/mol. The van der Waals surface area contributed by atoms with Gasteiger partial charge in [0.25, 0.3) is 6.43 Å². The van der Waals surface area contributed by atoms with E-state index in [1.54, 1.807) is 0 Å². The predicted octanol–water partition coefficient (Wildman–Crippen LogP) is 2.58. The zero-order valence-corrected chi connectivity index (χ0v) is 7.11. The van der Waals surface area contributed by atoms with Gasteiger partial charge in [0.05, 0.1) is 0 Å². The zero-order valence-electron chi connectivity index (χ0n) is 7.11. The molecule has 1 unspecified atom stereocenters. The van der Waals surface area contributed by atoms with Crippen molar-refractivity contribution in [1.29, 1.82) is 0 Å². The van der Waals surface area contributed by atoms with Crippen LogP contribution in [-0.2, 0) is 0 Å². The van der Waals surface area contributed by atoms with Crippen LogP contribution in [0.1, 0.15) is 39.5 Å². The summed E-state index contributed by atoms with van der Waals surface area (Å²) >= 11 is 0. The lowest BCUT2D eigenvalue weighted by Crippen LogP contribution is -2.33. The first kappa shape index (κ1) is 10.8. The monoisotopic (exact) mass is 166 g/mol. The van der Waals surface area contributed by atoms with Gasteiger partial charge in [0, 0.05) is 0 Å². The number of aliphatic hydroxyl groups is 1. The first-order valence-corrected chi connectivity index (χ1v) is 4.01. The van der Waals surface area contributed by atoms with E-state index in [1.165, 1.54) is 6.92 Å². The van der Waals surface area contributed by atoms with Crippen LogP contribution >= 0.6 is 0 Å². The highest BCUT2D eigenvalue weighted by Gasteiger charge is 2.30. The molecule has 0 aromatic heterocycles. The largest absolute Gasteiger partial charge is 0.384 e. The Kier molecular flexibility index (Phi) is 4.57. The quantitative estimate of drug-likeness (QED) is 0.622. The summed E-state index contributed by atoms with van der Waals surface area (Å²) in [5, 5.41) is 9.07. The van der Waals surface area contributed by atoms with Crippen LogP contribution in [0.15, 0.2) is 0 Å². The first-order valence-electron chi connectivity index (χ1n) is 4.01. The van der Waals surface area contributed by atoms with E-state index in [0.29, 0.717) is 6.42 Å². The van der Waals surface area contributed by atoms with E-state index in [2.05, 4.69) is 0 Å². The van der Waals surface area contributed by atoms with Crippen molar-refractivity contribution in [3.05, 3.63) is 0 Å². The molecule has 0 saturated heterocycles. The van der Waals surface area contributed by atoms with Gasteiger partial charge in [-0.25, -0.2) is 8.78 Å². The Morgan fingerprint density at radius 3 is 2.27 bits per heavy atom. The van der Waals surface area contributed by atoms with Gasteiger partial charge in [-0.05, 0) is 13.3 Å². The van der Waals surface area contributed by atoms with Crippen LogP contribution < -0.4 is 0 Å². The average Bonchev–Trinajstić information content (AvgIpc) is 1.88. The lowest BCUT2D eigenvalue weighted by Gasteiger charge is -2.21. The molecule has 0 heterocycles. The maximum absolute atomic E-state index is 12.0. The Morgan fingerprint density at radius 1 is 1.36 bits per heavy atom. The van der Waals surface area contributed by atoms with Crippen molar-refractivity contribution < 1.29 is 13.9 Å². The van der Waals surface area contributed by atoms with E-state index in [1.807, 2.05) is 6.92 Å². The minimum absolute atomic E-state index is 0.193. The normalized spacial score (nSPS) is 16.9. The summed E-state index contributed by atoms with van der Waals surface area (Å²) in [4.78, 5) is 0. The second-order valence-electron chi connectivity index (χ2n) is 3.11. The van der Waals surface area contributed by atoms with Gasteiger partial charge in [-0.15, -0.1) is 0 Å². The summed E-state index contributed by atoms with van der Waals surface area (Å²) in [6.45, 7) is 3.18. The second-order valence-corrected chi connectivity index (χ2v) is 3.11. The minimum atomic E-state index is -2.63. The van der Waals surface area contributed by atoms with Crippen molar-refractivity contribution in [2.75, 3.05) is 0 Å². The first-order chi connectivity index (χ1) is 5.00. The SMILES string of the molecule is CCCCCC(C)(O)C(F)F. The highest BCUT2D eigenvalue weighted by Crippen LogP contribution is 2.21. The van der Waals surface area contributed by atoms with Crippen LogP contribution in [0.5, 0.6) is 0 Å². The third kappa shape index (κ3) is 4.30. The lowest BCUT2D eigenvalue weighted by molar-refractivity contribution is -0.0888. The molecule has 1 N–H and O–H groups in total. The molecule has 0 radical (unpaired) electrons. The molecule has 0 amide bonds. The van der Waals surface area contributed by atoms with Crippen LogP contribution in [0.4, 0.5) is 8.78 Å². The topological polar surface area (TPSA) is 20.2 Å². The smallest absolute Gasteiger partial charge is 0.266 e. The molecule has 0 saturated carbocycles. The molecular weight excluding hydrogens is 150 g/mol. The number of alkyl halides is 2. The zero-order chi connectivity index (χ0) is 8.91. The summed E-state index contributed by atoms with van der Waals surface area (Å²) in [6, 6.07) is 0. The van der Waals surface area contributed by atoms with Crippen molar-refractivity contribution in [1.82, 2.24) is 0 Å². The highest BCUT2D eigenvalue weighted by molar-refractivity contribution is 4.74. The van der Waals surface area contributed by atoms with Gasteiger partial charge in [-0.1, -0.05) is 26.2 Å². The fraction of sp³-hybridized carbons (Fsp3) is 1.00. The molecule has 3 heteroatoms. The van der Waals surface area contributed by atoms with Gasteiger partial charge in [0.15, 0.2) is 0 Å². The Morgan fingerprint density at radius 2 is 1.91 bits per heavy atom. The van der Waals surface area contributed by atoms with Crippen molar-refractivity contribution in [2.24, 2.45) is 0 Å². The molecule has 0 aliphatic carbocycles. The lowest BCUT2D eigenvalue weighted by atomic mass is 9.99. The van der Waals surface area contributed by atoms with Crippen LogP contribution in [-0.4, -0.2) is 17.1 Å². The van der Waals surface area contributed by atoms with E-state index in [9.17, 15) is 8.78 Å². The molecule has 0 rings (SSSR count). The molecule has 0 aliphatic rings. The number of unbranched alkanes of at least 4 members (excludes halogenated alkanes) is 2. The molecule has 11 heavy (non-hydrogen) atoms. The van der Waals surface area contributed by atoms with Crippen LogP contribution in [0.3, 0.4) is 0 Å². The van der Waals surface area contributed by atoms with Crippen molar-refractivity contribution in [3.63, 3.8) is 0 Å². The summed E-state index contributed by atoms with van der Waals surface area (Å²) in [5.41, 5.74) is -1.78. The van der Waals surface area contributed by atoms with E-state index < -0.39 is 12.0 Å². The van der Waals surface area contributed by atoms with E-state index in [-0.39, 0.29) is 6.42 Å². The Balaban J connectivity index is 3.55. The molecule has 1 nitrogen and oxygen atoms in total. The maximum Gasteiger partial charge on any atom is 0.266 e. The molecular formula is C8H16F2O. The summed E-state index contributed by atoms with van der Waals surface area (Å²) in [6.07, 6.45) is 0.133. The van der Waals surface area contributed by atoms with Gasteiger partial charge in [-0.2, -0.15) is 0 Å². The Labute approximate surface area is 66.4 Å². The minimum Gasteiger partial charge on any atom is -0.384 e. The van der Waals surface area contributed by atoms with Crippen LogP contribution in [0.25, 0.3) is 0 Å². The summed E-state index contributed by atoms with van der Waals surface area (Å²) in [5.74, 6) is 0. The molecule has 0 bridgehead atoms.